The molecule has 5 heteroatoms. The minimum atomic E-state index is -0.102. The minimum absolute atomic E-state index is 0.102. The number of ketones is 1. The van der Waals surface area contributed by atoms with Crippen LogP contribution >= 0.6 is 0 Å². The number of rotatable bonds is 4. The van der Waals surface area contributed by atoms with Gasteiger partial charge in [0, 0.05) is 31.5 Å². The predicted octanol–water partition coefficient (Wildman–Crippen LogP) is 1.53. The van der Waals surface area contributed by atoms with Crippen LogP contribution in [-0.4, -0.2) is 25.3 Å². The van der Waals surface area contributed by atoms with Crippen LogP contribution in [0.25, 0.3) is 6.08 Å². The molecular weight excluding hydrogens is 216 g/mol. The molecule has 0 saturated heterocycles. The smallest absolute Gasteiger partial charge is 0.206 e. The fourth-order valence-electron chi connectivity index (χ4n) is 1.44. The molecule has 0 atom stereocenters. The Balaban J connectivity index is 2.08. The fraction of sp³-hybridized carbons (Fsp3) is 0.250. The van der Waals surface area contributed by atoms with Gasteiger partial charge < -0.3 is 0 Å². The Kier molecular flexibility index (Phi) is 3.18. The van der Waals surface area contributed by atoms with E-state index in [4.69, 9.17) is 0 Å². The van der Waals surface area contributed by atoms with E-state index in [-0.39, 0.29) is 5.78 Å². The first kappa shape index (κ1) is 11.3. The number of carbonyl (C=O) groups is 1. The molecule has 0 saturated carbocycles. The molecule has 0 spiro atoms. The van der Waals surface area contributed by atoms with Gasteiger partial charge in [-0.15, -0.1) is 0 Å². The van der Waals surface area contributed by atoms with Crippen LogP contribution in [0, 0.1) is 0 Å². The molecule has 0 bridgehead atoms. The Morgan fingerprint density at radius 3 is 2.94 bits per heavy atom. The van der Waals surface area contributed by atoms with Gasteiger partial charge in [-0.25, -0.2) is 0 Å². The van der Waals surface area contributed by atoms with Crippen LogP contribution in [0.5, 0.6) is 0 Å². The van der Waals surface area contributed by atoms with Crippen molar-refractivity contribution in [3.63, 3.8) is 0 Å². The summed E-state index contributed by atoms with van der Waals surface area (Å²) < 4.78 is 3.42. The van der Waals surface area contributed by atoms with Crippen molar-refractivity contribution in [2.75, 3.05) is 0 Å². The van der Waals surface area contributed by atoms with Crippen molar-refractivity contribution in [1.29, 1.82) is 0 Å². The van der Waals surface area contributed by atoms with Gasteiger partial charge in [0.05, 0.1) is 6.20 Å². The number of hydrogen-bond donors (Lipinski definition) is 0. The van der Waals surface area contributed by atoms with E-state index in [9.17, 15) is 4.79 Å². The summed E-state index contributed by atoms with van der Waals surface area (Å²) in [6.45, 7) is 2.83. The first-order valence-electron chi connectivity index (χ1n) is 5.43. The summed E-state index contributed by atoms with van der Waals surface area (Å²) in [6.07, 6.45) is 8.62. The van der Waals surface area contributed by atoms with E-state index < -0.39 is 0 Å². The summed E-state index contributed by atoms with van der Waals surface area (Å²) >= 11 is 0. The van der Waals surface area contributed by atoms with Crippen LogP contribution < -0.4 is 0 Å². The maximum Gasteiger partial charge on any atom is 0.206 e. The fourth-order valence-corrected chi connectivity index (χ4v) is 1.44. The molecule has 0 aliphatic heterocycles. The highest BCUT2D eigenvalue weighted by Gasteiger charge is 2.04. The Morgan fingerprint density at radius 2 is 2.35 bits per heavy atom. The maximum absolute atomic E-state index is 11.7. The number of nitrogens with zero attached hydrogens (tertiary/aromatic N) is 4. The van der Waals surface area contributed by atoms with Gasteiger partial charge in [-0.2, -0.15) is 10.2 Å². The molecule has 0 radical (unpaired) electrons. The lowest BCUT2D eigenvalue weighted by Gasteiger charge is -1.90. The minimum Gasteiger partial charge on any atom is -0.287 e. The van der Waals surface area contributed by atoms with Crippen molar-refractivity contribution in [1.82, 2.24) is 19.6 Å². The largest absolute Gasteiger partial charge is 0.287 e. The number of allylic oxidation sites excluding steroid dienone is 1. The van der Waals surface area contributed by atoms with Gasteiger partial charge in [0.15, 0.2) is 0 Å². The van der Waals surface area contributed by atoms with Crippen LogP contribution in [0.15, 0.2) is 30.7 Å². The quantitative estimate of drug-likeness (QED) is 0.591. The van der Waals surface area contributed by atoms with Gasteiger partial charge in [0.1, 0.15) is 5.69 Å². The van der Waals surface area contributed by atoms with Gasteiger partial charge in [0.25, 0.3) is 0 Å². The first-order chi connectivity index (χ1) is 8.19. The number of hydrogen-bond acceptors (Lipinski definition) is 3. The second-order valence-corrected chi connectivity index (χ2v) is 3.70. The second-order valence-electron chi connectivity index (χ2n) is 3.70. The van der Waals surface area contributed by atoms with Crippen molar-refractivity contribution in [2.45, 2.75) is 13.5 Å². The van der Waals surface area contributed by atoms with Gasteiger partial charge >= 0.3 is 0 Å². The van der Waals surface area contributed by atoms with Gasteiger partial charge in [0.2, 0.25) is 5.78 Å². The van der Waals surface area contributed by atoms with Crippen LogP contribution in [-0.2, 0) is 13.6 Å². The van der Waals surface area contributed by atoms with Gasteiger partial charge in [-0.1, -0.05) is 0 Å². The van der Waals surface area contributed by atoms with E-state index in [0.29, 0.717) is 5.69 Å². The van der Waals surface area contributed by atoms with E-state index in [2.05, 4.69) is 10.2 Å². The molecular formula is C12H14N4O. The molecule has 2 rings (SSSR count). The Morgan fingerprint density at radius 1 is 1.53 bits per heavy atom. The highest BCUT2D eigenvalue weighted by atomic mass is 16.1. The molecule has 0 unspecified atom stereocenters. The maximum atomic E-state index is 11.7. The molecule has 0 aliphatic carbocycles. The molecule has 0 amide bonds. The zero-order valence-corrected chi connectivity index (χ0v) is 9.87. The number of aryl methyl sites for hydroxylation is 2. The summed E-state index contributed by atoms with van der Waals surface area (Å²) in [6, 6.07) is 1.70. The molecule has 88 valence electrons. The second kappa shape index (κ2) is 4.78. The molecule has 2 aromatic heterocycles. The monoisotopic (exact) mass is 230 g/mol. The molecule has 2 aromatic rings. The molecule has 17 heavy (non-hydrogen) atoms. The van der Waals surface area contributed by atoms with E-state index >= 15 is 0 Å². The first-order valence-corrected chi connectivity index (χ1v) is 5.43. The van der Waals surface area contributed by atoms with Crippen LogP contribution in [0.1, 0.15) is 23.0 Å². The van der Waals surface area contributed by atoms with E-state index in [1.165, 1.54) is 6.08 Å². The highest BCUT2D eigenvalue weighted by molar-refractivity contribution is 6.05. The summed E-state index contributed by atoms with van der Waals surface area (Å²) in [5.74, 6) is -0.102. The molecule has 0 fully saturated rings. The summed E-state index contributed by atoms with van der Waals surface area (Å²) in [5, 5.41) is 8.16. The number of carbonyl (C=O) groups excluding carboxylic acids is 1. The third-order valence-corrected chi connectivity index (χ3v) is 2.37. The van der Waals surface area contributed by atoms with Crippen molar-refractivity contribution >= 4 is 11.9 Å². The predicted molar refractivity (Wildman–Crippen MR) is 64.5 cm³/mol. The lowest BCUT2D eigenvalue weighted by Crippen LogP contribution is -1.97. The van der Waals surface area contributed by atoms with Crippen LogP contribution in [0.4, 0.5) is 0 Å². The van der Waals surface area contributed by atoms with Gasteiger partial charge in [-0.05, 0) is 25.1 Å². The molecule has 0 aromatic carbocycles. The third-order valence-electron chi connectivity index (χ3n) is 2.37. The zero-order valence-electron chi connectivity index (χ0n) is 9.87. The molecule has 0 N–H and O–H groups in total. The summed E-state index contributed by atoms with van der Waals surface area (Å²) in [4.78, 5) is 11.7. The van der Waals surface area contributed by atoms with Crippen LogP contribution in [0.2, 0.25) is 0 Å². The lowest BCUT2D eigenvalue weighted by molar-refractivity contribution is 0.104. The molecule has 5 nitrogen and oxygen atoms in total. The molecule has 2 heterocycles. The topological polar surface area (TPSA) is 52.7 Å². The summed E-state index contributed by atoms with van der Waals surface area (Å²) in [7, 11) is 1.78. The third kappa shape index (κ3) is 2.69. The summed E-state index contributed by atoms with van der Waals surface area (Å²) in [5.41, 5.74) is 1.36. The van der Waals surface area contributed by atoms with Crippen molar-refractivity contribution in [2.24, 2.45) is 7.05 Å². The van der Waals surface area contributed by atoms with Gasteiger partial charge in [-0.3, -0.25) is 14.2 Å². The highest BCUT2D eigenvalue weighted by Crippen LogP contribution is 2.03. The SMILES string of the molecule is CCn1cc(/C=C/C(=O)c2ccn(C)n2)cn1. The average molecular weight is 230 g/mol. The van der Waals surface area contributed by atoms with Crippen molar-refractivity contribution in [3.05, 3.63) is 42.0 Å². The normalized spacial score (nSPS) is 11.2. The average Bonchev–Trinajstić information content (AvgIpc) is 2.94. The Bertz CT molecular complexity index is 550. The molecule has 0 aliphatic rings. The Hall–Kier alpha value is -2.17. The van der Waals surface area contributed by atoms with Crippen LogP contribution in [0.3, 0.4) is 0 Å². The lowest BCUT2D eigenvalue weighted by atomic mass is 10.2. The van der Waals surface area contributed by atoms with E-state index in [1.807, 2.05) is 17.8 Å². The van der Waals surface area contributed by atoms with E-state index in [0.717, 1.165) is 12.1 Å². The van der Waals surface area contributed by atoms with Crippen molar-refractivity contribution < 1.29 is 4.79 Å². The zero-order chi connectivity index (χ0) is 12.3. The Labute approximate surface area is 99.4 Å². The van der Waals surface area contributed by atoms with Crippen molar-refractivity contribution in [3.8, 4) is 0 Å². The standard InChI is InChI=1S/C12H14N4O/c1-3-16-9-10(8-13-16)4-5-12(17)11-6-7-15(2)14-11/h4-9H,3H2,1-2H3/b5-4+. The number of aromatic nitrogens is 4. The van der Waals surface area contributed by atoms with E-state index in [1.54, 1.807) is 36.3 Å².